The van der Waals surface area contributed by atoms with Crippen molar-refractivity contribution in [3.8, 4) is 0 Å². The van der Waals surface area contributed by atoms with Gasteiger partial charge < -0.3 is 10.2 Å². The van der Waals surface area contributed by atoms with Gasteiger partial charge in [-0.1, -0.05) is 36.8 Å². The van der Waals surface area contributed by atoms with Gasteiger partial charge in [-0.05, 0) is 31.2 Å². The number of nitrogens with zero attached hydrogens (tertiary/aromatic N) is 1. The molecule has 1 heterocycles. The first-order valence-corrected chi connectivity index (χ1v) is 8.34. The molecule has 1 N–H and O–H groups in total. The third-order valence-corrected chi connectivity index (χ3v) is 4.77. The zero-order valence-electron chi connectivity index (χ0n) is 13.0. The van der Waals surface area contributed by atoms with Crippen molar-refractivity contribution < 1.29 is 9.59 Å². The summed E-state index contributed by atoms with van der Waals surface area (Å²) in [6.45, 7) is 1.45. The molecule has 1 aliphatic carbocycles. The quantitative estimate of drug-likeness (QED) is 0.875. The second-order valence-corrected chi connectivity index (χ2v) is 6.47. The molecule has 22 heavy (non-hydrogen) atoms. The molecular weight excluding hydrogens is 276 g/mol. The van der Waals surface area contributed by atoms with Gasteiger partial charge in [0.05, 0.1) is 6.04 Å². The summed E-state index contributed by atoms with van der Waals surface area (Å²) in [4.78, 5) is 25.9. The maximum Gasteiger partial charge on any atom is 0.224 e. The SMILES string of the molecule is O=C(NC1CC(=O)N(CCCc2ccccc2)C1)C1CCC1. The molecule has 2 fully saturated rings. The number of nitrogens with one attached hydrogen (secondary N) is 1. The van der Waals surface area contributed by atoms with Gasteiger partial charge in [-0.25, -0.2) is 0 Å². The number of hydrogen-bond donors (Lipinski definition) is 1. The van der Waals surface area contributed by atoms with E-state index in [9.17, 15) is 9.59 Å². The van der Waals surface area contributed by atoms with Gasteiger partial charge >= 0.3 is 0 Å². The third kappa shape index (κ3) is 3.67. The number of benzene rings is 1. The highest BCUT2D eigenvalue weighted by Gasteiger charge is 2.33. The lowest BCUT2D eigenvalue weighted by molar-refractivity contribution is -0.128. The fourth-order valence-electron chi connectivity index (χ4n) is 3.19. The summed E-state index contributed by atoms with van der Waals surface area (Å²) < 4.78 is 0. The van der Waals surface area contributed by atoms with Crippen LogP contribution >= 0.6 is 0 Å². The lowest BCUT2D eigenvalue weighted by atomic mass is 9.84. The lowest BCUT2D eigenvalue weighted by Crippen LogP contribution is -2.42. The summed E-state index contributed by atoms with van der Waals surface area (Å²) in [5.74, 6) is 0.518. The lowest BCUT2D eigenvalue weighted by Gasteiger charge is -2.26. The minimum Gasteiger partial charge on any atom is -0.351 e. The molecule has 1 aromatic rings. The molecule has 1 aromatic carbocycles. The first kappa shape index (κ1) is 15.1. The standard InChI is InChI=1S/C18H24N2O2/c21-17-12-16(19-18(22)15-9-4-10-15)13-20(17)11-5-8-14-6-2-1-3-7-14/h1-3,6-7,15-16H,4-5,8-13H2,(H,19,22). The number of hydrogen-bond acceptors (Lipinski definition) is 2. The Morgan fingerprint density at radius 1 is 1.23 bits per heavy atom. The number of likely N-dealkylation sites (tertiary alicyclic amines) is 1. The molecule has 0 spiro atoms. The van der Waals surface area contributed by atoms with Crippen LogP contribution in [0.15, 0.2) is 30.3 Å². The topological polar surface area (TPSA) is 49.4 Å². The molecule has 1 atom stereocenters. The Hall–Kier alpha value is -1.84. The van der Waals surface area contributed by atoms with Crippen LogP contribution in [0.2, 0.25) is 0 Å². The zero-order valence-corrected chi connectivity index (χ0v) is 13.0. The minimum absolute atomic E-state index is 0.0114. The van der Waals surface area contributed by atoms with Gasteiger partial charge in [0, 0.05) is 25.4 Å². The van der Waals surface area contributed by atoms with Gasteiger partial charge in [-0.2, -0.15) is 0 Å². The molecule has 2 aliphatic rings. The molecule has 118 valence electrons. The Morgan fingerprint density at radius 3 is 2.68 bits per heavy atom. The van der Waals surface area contributed by atoms with Crippen LogP contribution in [-0.4, -0.2) is 35.8 Å². The highest BCUT2D eigenvalue weighted by Crippen LogP contribution is 2.26. The van der Waals surface area contributed by atoms with Gasteiger partial charge in [-0.3, -0.25) is 9.59 Å². The number of carbonyl (C=O) groups excluding carboxylic acids is 2. The van der Waals surface area contributed by atoms with E-state index in [4.69, 9.17) is 0 Å². The fraction of sp³-hybridized carbons (Fsp3) is 0.556. The third-order valence-electron chi connectivity index (χ3n) is 4.77. The minimum atomic E-state index is 0.0114. The predicted octanol–water partition coefficient (Wildman–Crippen LogP) is 2.14. The Kier molecular flexibility index (Phi) is 4.76. The first-order chi connectivity index (χ1) is 10.7. The van der Waals surface area contributed by atoms with Crippen LogP contribution in [-0.2, 0) is 16.0 Å². The van der Waals surface area contributed by atoms with Crippen molar-refractivity contribution in [1.29, 1.82) is 0 Å². The smallest absolute Gasteiger partial charge is 0.224 e. The van der Waals surface area contributed by atoms with Gasteiger partial charge in [0.15, 0.2) is 0 Å². The molecule has 2 amide bonds. The number of carbonyl (C=O) groups is 2. The van der Waals surface area contributed by atoms with Gasteiger partial charge in [0.1, 0.15) is 0 Å². The van der Waals surface area contributed by atoms with Gasteiger partial charge in [0.25, 0.3) is 0 Å². The molecule has 0 radical (unpaired) electrons. The van der Waals surface area contributed by atoms with Crippen LogP contribution in [0.25, 0.3) is 0 Å². The largest absolute Gasteiger partial charge is 0.351 e. The van der Waals surface area contributed by atoms with Crippen molar-refractivity contribution in [1.82, 2.24) is 10.2 Å². The number of rotatable bonds is 6. The van der Waals surface area contributed by atoms with Crippen LogP contribution < -0.4 is 5.32 Å². The molecule has 4 nitrogen and oxygen atoms in total. The van der Waals surface area contributed by atoms with Crippen LogP contribution in [0, 0.1) is 5.92 Å². The summed E-state index contributed by atoms with van der Waals surface area (Å²) in [6.07, 6.45) is 5.60. The van der Waals surface area contributed by atoms with Crippen LogP contribution in [0.5, 0.6) is 0 Å². The van der Waals surface area contributed by atoms with E-state index < -0.39 is 0 Å². The van der Waals surface area contributed by atoms with E-state index in [1.807, 2.05) is 23.1 Å². The Bertz CT molecular complexity index is 525. The molecule has 1 saturated heterocycles. The molecule has 4 heteroatoms. The second kappa shape index (κ2) is 6.95. The maximum absolute atomic E-state index is 12.0. The van der Waals surface area contributed by atoms with Crippen molar-refractivity contribution >= 4 is 11.8 Å². The van der Waals surface area contributed by atoms with Crippen LogP contribution in [0.1, 0.15) is 37.7 Å². The summed E-state index contributed by atoms with van der Waals surface area (Å²) in [5.41, 5.74) is 1.31. The van der Waals surface area contributed by atoms with Crippen molar-refractivity contribution in [2.45, 2.75) is 44.6 Å². The molecule has 1 saturated carbocycles. The van der Waals surface area contributed by atoms with Crippen molar-refractivity contribution in [2.24, 2.45) is 5.92 Å². The predicted molar refractivity (Wildman–Crippen MR) is 85.2 cm³/mol. The van der Waals surface area contributed by atoms with E-state index in [0.29, 0.717) is 13.0 Å². The average Bonchev–Trinajstić information content (AvgIpc) is 2.78. The fourth-order valence-corrected chi connectivity index (χ4v) is 3.19. The monoisotopic (exact) mass is 300 g/mol. The highest BCUT2D eigenvalue weighted by molar-refractivity contribution is 5.83. The summed E-state index contributed by atoms with van der Waals surface area (Å²) in [7, 11) is 0. The van der Waals surface area contributed by atoms with E-state index in [-0.39, 0.29) is 23.8 Å². The summed E-state index contributed by atoms with van der Waals surface area (Å²) in [6, 6.07) is 10.4. The summed E-state index contributed by atoms with van der Waals surface area (Å²) in [5, 5.41) is 3.05. The Morgan fingerprint density at radius 2 is 2.00 bits per heavy atom. The maximum atomic E-state index is 12.0. The average molecular weight is 300 g/mol. The van der Waals surface area contributed by atoms with E-state index in [2.05, 4.69) is 17.4 Å². The van der Waals surface area contributed by atoms with E-state index in [1.165, 1.54) is 5.56 Å². The normalized spacial score (nSPS) is 21.7. The van der Waals surface area contributed by atoms with Crippen molar-refractivity contribution in [3.63, 3.8) is 0 Å². The highest BCUT2D eigenvalue weighted by atomic mass is 16.2. The first-order valence-electron chi connectivity index (χ1n) is 8.34. The van der Waals surface area contributed by atoms with E-state index in [1.54, 1.807) is 0 Å². The Balaban J connectivity index is 1.40. The number of amides is 2. The van der Waals surface area contributed by atoms with Crippen molar-refractivity contribution in [2.75, 3.05) is 13.1 Å². The van der Waals surface area contributed by atoms with Crippen molar-refractivity contribution in [3.05, 3.63) is 35.9 Å². The van der Waals surface area contributed by atoms with Crippen LogP contribution in [0.3, 0.4) is 0 Å². The second-order valence-electron chi connectivity index (χ2n) is 6.47. The molecule has 0 aromatic heterocycles. The van der Waals surface area contributed by atoms with Gasteiger partial charge in [0.2, 0.25) is 11.8 Å². The molecule has 1 aliphatic heterocycles. The van der Waals surface area contributed by atoms with Gasteiger partial charge in [-0.15, -0.1) is 0 Å². The molecule has 3 rings (SSSR count). The van der Waals surface area contributed by atoms with Crippen LogP contribution in [0.4, 0.5) is 0 Å². The summed E-state index contributed by atoms with van der Waals surface area (Å²) >= 11 is 0. The molecular formula is C18H24N2O2. The molecule has 1 unspecified atom stereocenters. The van der Waals surface area contributed by atoms with E-state index in [0.717, 1.165) is 38.6 Å². The molecule has 0 bridgehead atoms. The Labute approximate surface area is 131 Å². The number of aryl methyl sites for hydroxylation is 1. The van der Waals surface area contributed by atoms with E-state index >= 15 is 0 Å². The zero-order chi connectivity index (χ0) is 15.4.